The Kier molecular flexibility index (Phi) is 8.55. The SMILES string of the molecule is CNCC(C)C(=O)NCc1ccc(OCCCN(C)C)cc1. The van der Waals surface area contributed by atoms with E-state index in [1.165, 1.54) is 0 Å². The molecule has 5 heteroatoms. The molecule has 0 aromatic heterocycles. The Morgan fingerprint density at radius 2 is 1.95 bits per heavy atom. The van der Waals surface area contributed by atoms with Crippen molar-refractivity contribution in [2.75, 3.05) is 40.8 Å². The van der Waals surface area contributed by atoms with Gasteiger partial charge in [-0.15, -0.1) is 0 Å². The summed E-state index contributed by atoms with van der Waals surface area (Å²) in [7, 11) is 5.96. The van der Waals surface area contributed by atoms with Crippen molar-refractivity contribution < 1.29 is 9.53 Å². The van der Waals surface area contributed by atoms with Gasteiger partial charge in [0, 0.05) is 25.6 Å². The molecule has 0 saturated carbocycles. The fraction of sp³-hybridized carbons (Fsp3) is 0.588. The van der Waals surface area contributed by atoms with E-state index in [4.69, 9.17) is 4.74 Å². The van der Waals surface area contributed by atoms with Crippen LogP contribution in [0.2, 0.25) is 0 Å². The monoisotopic (exact) mass is 307 g/mol. The number of amides is 1. The van der Waals surface area contributed by atoms with Crippen molar-refractivity contribution in [3.8, 4) is 5.75 Å². The zero-order valence-electron chi connectivity index (χ0n) is 14.2. The summed E-state index contributed by atoms with van der Waals surface area (Å²) in [5.74, 6) is 0.917. The van der Waals surface area contributed by atoms with Crippen LogP contribution in [0.5, 0.6) is 5.75 Å². The summed E-state index contributed by atoms with van der Waals surface area (Å²) in [6.45, 7) is 4.89. The zero-order chi connectivity index (χ0) is 16.4. The summed E-state index contributed by atoms with van der Waals surface area (Å²) < 4.78 is 5.68. The lowest BCUT2D eigenvalue weighted by molar-refractivity contribution is -0.124. The first-order valence-electron chi connectivity index (χ1n) is 7.81. The van der Waals surface area contributed by atoms with Crippen molar-refractivity contribution in [3.05, 3.63) is 29.8 Å². The van der Waals surface area contributed by atoms with Crippen LogP contribution < -0.4 is 15.4 Å². The molecule has 1 rings (SSSR count). The first-order chi connectivity index (χ1) is 10.5. The number of rotatable bonds is 10. The summed E-state index contributed by atoms with van der Waals surface area (Å²) in [6, 6.07) is 7.89. The summed E-state index contributed by atoms with van der Waals surface area (Å²) in [5, 5.41) is 5.95. The molecule has 1 atom stereocenters. The molecule has 0 bridgehead atoms. The second-order valence-corrected chi connectivity index (χ2v) is 5.83. The van der Waals surface area contributed by atoms with E-state index < -0.39 is 0 Å². The van der Waals surface area contributed by atoms with Crippen molar-refractivity contribution in [3.63, 3.8) is 0 Å². The topological polar surface area (TPSA) is 53.6 Å². The van der Waals surface area contributed by atoms with Crippen LogP contribution in [0, 0.1) is 5.92 Å². The van der Waals surface area contributed by atoms with Gasteiger partial charge in [0.05, 0.1) is 6.61 Å². The van der Waals surface area contributed by atoms with Gasteiger partial charge in [-0.05, 0) is 45.3 Å². The third kappa shape index (κ3) is 7.43. The van der Waals surface area contributed by atoms with E-state index in [2.05, 4.69) is 29.6 Å². The van der Waals surface area contributed by atoms with Crippen molar-refractivity contribution in [2.45, 2.75) is 19.9 Å². The van der Waals surface area contributed by atoms with Crippen LogP contribution in [0.4, 0.5) is 0 Å². The van der Waals surface area contributed by atoms with Crippen molar-refractivity contribution >= 4 is 5.91 Å². The fourth-order valence-corrected chi connectivity index (χ4v) is 2.04. The minimum atomic E-state index is -0.0238. The molecule has 0 fully saturated rings. The average molecular weight is 307 g/mol. The molecule has 5 nitrogen and oxygen atoms in total. The highest BCUT2D eigenvalue weighted by Gasteiger charge is 2.10. The van der Waals surface area contributed by atoms with Gasteiger partial charge in [-0.3, -0.25) is 4.79 Å². The Bertz CT molecular complexity index is 432. The Hall–Kier alpha value is -1.59. The van der Waals surface area contributed by atoms with E-state index in [1.54, 1.807) is 0 Å². The predicted molar refractivity (Wildman–Crippen MR) is 90.0 cm³/mol. The zero-order valence-corrected chi connectivity index (χ0v) is 14.2. The average Bonchev–Trinajstić information content (AvgIpc) is 2.50. The number of hydrogen-bond acceptors (Lipinski definition) is 4. The molecule has 0 spiro atoms. The van der Waals surface area contributed by atoms with Crippen molar-refractivity contribution in [1.82, 2.24) is 15.5 Å². The molecule has 1 aromatic rings. The van der Waals surface area contributed by atoms with Gasteiger partial charge < -0.3 is 20.3 Å². The van der Waals surface area contributed by atoms with Crippen LogP contribution in [0.1, 0.15) is 18.9 Å². The highest BCUT2D eigenvalue weighted by molar-refractivity contribution is 5.78. The number of benzene rings is 1. The van der Waals surface area contributed by atoms with Gasteiger partial charge in [0.15, 0.2) is 0 Å². The molecule has 0 radical (unpaired) electrons. The first-order valence-corrected chi connectivity index (χ1v) is 7.81. The van der Waals surface area contributed by atoms with Crippen LogP contribution in [0.3, 0.4) is 0 Å². The number of carbonyl (C=O) groups excluding carboxylic acids is 1. The normalized spacial score (nSPS) is 12.2. The number of nitrogens with zero attached hydrogens (tertiary/aromatic N) is 1. The molecule has 0 aliphatic rings. The minimum absolute atomic E-state index is 0.0238. The quantitative estimate of drug-likeness (QED) is 0.643. The number of ether oxygens (including phenoxy) is 1. The highest BCUT2D eigenvalue weighted by Crippen LogP contribution is 2.12. The Morgan fingerprint density at radius 1 is 1.27 bits per heavy atom. The summed E-state index contributed by atoms with van der Waals surface area (Å²) in [4.78, 5) is 14.0. The smallest absolute Gasteiger partial charge is 0.224 e. The lowest BCUT2D eigenvalue weighted by Gasteiger charge is -2.12. The molecule has 22 heavy (non-hydrogen) atoms. The first kappa shape index (κ1) is 18.5. The van der Waals surface area contributed by atoms with Gasteiger partial charge >= 0.3 is 0 Å². The van der Waals surface area contributed by atoms with E-state index in [0.717, 1.165) is 30.9 Å². The predicted octanol–water partition coefficient (Wildman–Crippen LogP) is 1.49. The van der Waals surface area contributed by atoms with Gasteiger partial charge in [-0.1, -0.05) is 19.1 Å². The summed E-state index contributed by atoms with van der Waals surface area (Å²) >= 11 is 0. The Balaban J connectivity index is 2.31. The minimum Gasteiger partial charge on any atom is -0.494 e. The maximum atomic E-state index is 11.8. The molecule has 124 valence electrons. The largest absolute Gasteiger partial charge is 0.494 e. The van der Waals surface area contributed by atoms with Crippen molar-refractivity contribution in [2.24, 2.45) is 5.92 Å². The number of nitrogens with one attached hydrogen (secondary N) is 2. The van der Waals surface area contributed by atoms with Gasteiger partial charge in [0.1, 0.15) is 5.75 Å². The van der Waals surface area contributed by atoms with Gasteiger partial charge in [0.2, 0.25) is 5.91 Å². The van der Waals surface area contributed by atoms with E-state index >= 15 is 0 Å². The maximum absolute atomic E-state index is 11.8. The second-order valence-electron chi connectivity index (χ2n) is 5.83. The van der Waals surface area contributed by atoms with Crippen LogP contribution in [-0.2, 0) is 11.3 Å². The van der Waals surface area contributed by atoms with E-state index in [1.807, 2.05) is 38.2 Å². The fourth-order valence-electron chi connectivity index (χ4n) is 2.04. The molecular formula is C17H29N3O2. The molecule has 0 heterocycles. The van der Waals surface area contributed by atoms with Crippen LogP contribution in [-0.4, -0.2) is 51.6 Å². The molecule has 1 unspecified atom stereocenters. The molecule has 0 saturated heterocycles. The summed E-state index contributed by atoms with van der Waals surface area (Å²) in [5.41, 5.74) is 1.07. The number of carbonyl (C=O) groups is 1. The third-order valence-corrected chi connectivity index (χ3v) is 3.37. The van der Waals surface area contributed by atoms with Gasteiger partial charge in [-0.25, -0.2) is 0 Å². The van der Waals surface area contributed by atoms with Gasteiger partial charge in [-0.2, -0.15) is 0 Å². The standard InChI is InChI=1S/C17H29N3O2/c1-14(12-18-2)17(21)19-13-15-6-8-16(9-7-15)22-11-5-10-20(3)4/h6-9,14,18H,5,10-13H2,1-4H3,(H,19,21). The van der Waals surface area contributed by atoms with Gasteiger partial charge in [0.25, 0.3) is 0 Å². The van der Waals surface area contributed by atoms with E-state index in [9.17, 15) is 4.79 Å². The molecular weight excluding hydrogens is 278 g/mol. The molecule has 0 aliphatic heterocycles. The lowest BCUT2D eigenvalue weighted by Crippen LogP contribution is -2.33. The molecule has 1 amide bonds. The molecule has 0 aliphatic carbocycles. The Labute approximate surface area is 134 Å². The summed E-state index contributed by atoms with van der Waals surface area (Å²) in [6.07, 6.45) is 1.01. The molecule has 1 aromatic carbocycles. The van der Waals surface area contributed by atoms with Crippen LogP contribution >= 0.6 is 0 Å². The van der Waals surface area contributed by atoms with E-state index in [-0.39, 0.29) is 11.8 Å². The highest BCUT2D eigenvalue weighted by atomic mass is 16.5. The third-order valence-electron chi connectivity index (χ3n) is 3.37. The van der Waals surface area contributed by atoms with Crippen LogP contribution in [0.25, 0.3) is 0 Å². The molecule has 2 N–H and O–H groups in total. The van der Waals surface area contributed by atoms with Crippen LogP contribution in [0.15, 0.2) is 24.3 Å². The Morgan fingerprint density at radius 3 is 2.55 bits per heavy atom. The van der Waals surface area contributed by atoms with Crippen molar-refractivity contribution in [1.29, 1.82) is 0 Å². The number of hydrogen-bond donors (Lipinski definition) is 2. The lowest BCUT2D eigenvalue weighted by atomic mass is 10.1. The maximum Gasteiger partial charge on any atom is 0.224 e. The van der Waals surface area contributed by atoms with E-state index in [0.29, 0.717) is 13.1 Å². The second kappa shape index (κ2) is 10.2.